The van der Waals surface area contributed by atoms with Gasteiger partial charge >= 0.3 is 5.97 Å². The van der Waals surface area contributed by atoms with Crippen LogP contribution < -0.4 is 5.73 Å². The SMILES string of the molecule is NC(CC(=O)O)C1C=CC=CC1F. The van der Waals surface area contributed by atoms with Crippen LogP contribution in [0.4, 0.5) is 4.39 Å². The predicted octanol–water partition coefficient (Wildman–Crippen LogP) is 0.869. The summed E-state index contributed by atoms with van der Waals surface area (Å²) in [6.07, 6.45) is 4.89. The fraction of sp³-hybridized carbons (Fsp3) is 0.444. The molecule has 0 saturated carbocycles. The van der Waals surface area contributed by atoms with Crippen molar-refractivity contribution in [2.75, 3.05) is 0 Å². The van der Waals surface area contributed by atoms with Crippen molar-refractivity contribution in [3.63, 3.8) is 0 Å². The highest BCUT2D eigenvalue weighted by Gasteiger charge is 2.25. The molecule has 72 valence electrons. The maximum atomic E-state index is 13.1. The van der Waals surface area contributed by atoms with Gasteiger partial charge in [0.05, 0.1) is 6.42 Å². The van der Waals surface area contributed by atoms with Crippen LogP contribution in [0, 0.1) is 5.92 Å². The van der Waals surface area contributed by atoms with Gasteiger partial charge in [0.2, 0.25) is 0 Å². The van der Waals surface area contributed by atoms with Crippen LogP contribution in [-0.4, -0.2) is 23.3 Å². The molecule has 1 rings (SSSR count). The number of aliphatic carboxylic acids is 1. The molecule has 0 radical (unpaired) electrons. The van der Waals surface area contributed by atoms with E-state index in [0.717, 1.165) is 0 Å². The molecule has 3 atom stereocenters. The van der Waals surface area contributed by atoms with Crippen LogP contribution in [0.2, 0.25) is 0 Å². The van der Waals surface area contributed by atoms with Crippen molar-refractivity contribution >= 4 is 5.97 Å². The Labute approximate surface area is 75.7 Å². The molecule has 0 aliphatic heterocycles. The Morgan fingerprint density at radius 2 is 2.15 bits per heavy atom. The summed E-state index contributed by atoms with van der Waals surface area (Å²) < 4.78 is 13.1. The highest BCUT2D eigenvalue weighted by molar-refractivity contribution is 5.67. The van der Waals surface area contributed by atoms with Gasteiger partial charge in [-0.3, -0.25) is 4.79 Å². The predicted molar refractivity (Wildman–Crippen MR) is 46.9 cm³/mol. The van der Waals surface area contributed by atoms with E-state index in [1.165, 1.54) is 6.08 Å². The second-order valence-electron chi connectivity index (χ2n) is 3.05. The summed E-state index contributed by atoms with van der Waals surface area (Å²) in [5.74, 6) is -1.51. The van der Waals surface area contributed by atoms with Crippen molar-refractivity contribution in [1.82, 2.24) is 0 Å². The summed E-state index contributed by atoms with van der Waals surface area (Å²) in [6, 6.07) is -0.659. The maximum Gasteiger partial charge on any atom is 0.304 e. The lowest BCUT2D eigenvalue weighted by Crippen LogP contribution is -2.36. The third-order valence-electron chi connectivity index (χ3n) is 2.01. The van der Waals surface area contributed by atoms with Gasteiger partial charge in [0.15, 0.2) is 0 Å². The van der Waals surface area contributed by atoms with Crippen molar-refractivity contribution in [3.05, 3.63) is 24.3 Å². The molecule has 0 heterocycles. The van der Waals surface area contributed by atoms with Gasteiger partial charge in [-0.25, -0.2) is 4.39 Å². The molecule has 13 heavy (non-hydrogen) atoms. The largest absolute Gasteiger partial charge is 0.481 e. The number of carboxylic acids is 1. The van der Waals surface area contributed by atoms with Gasteiger partial charge in [-0.1, -0.05) is 24.3 Å². The van der Waals surface area contributed by atoms with Crippen molar-refractivity contribution in [2.24, 2.45) is 11.7 Å². The minimum Gasteiger partial charge on any atom is -0.481 e. The Bertz CT molecular complexity index is 250. The quantitative estimate of drug-likeness (QED) is 0.685. The van der Waals surface area contributed by atoms with E-state index in [1.807, 2.05) is 0 Å². The van der Waals surface area contributed by atoms with Gasteiger partial charge in [-0.2, -0.15) is 0 Å². The number of carboxylic acid groups (broad SMARTS) is 1. The molecule has 4 heteroatoms. The molecule has 0 bridgehead atoms. The van der Waals surface area contributed by atoms with Crippen molar-refractivity contribution in [2.45, 2.75) is 18.6 Å². The molecule has 0 spiro atoms. The smallest absolute Gasteiger partial charge is 0.304 e. The lowest BCUT2D eigenvalue weighted by Gasteiger charge is -2.22. The van der Waals surface area contributed by atoms with Crippen LogP contribution in [0.3, 0.4) is 0 Å². The van der Waals surface area contributed by atoms with E-state index in [1.54, 1.807) is 18.2 Å². The molecular weight excluding hydrogens is 173 g/mol. The Morgan fingerprint density at radius 3 is 2.69 bits per heavy atom. The van der Waals surface area contributed by atoms with Crippen LogP contribution in [0.25, 0.3) is 0 Å². The lowest BCUT2D eigenvalue weighted by molar-refractivity contribution is -0.137. The van der Waals surface area contributed by atoms with Gasteiger partial charge in [-0.15, -0.1) is 0 Å². The molecule has 1 aliphatic carbocycles. The average Bonchev–Trinajstić information content (AvgIpc) is 2.03. The minimum absolute atomic E-state index is 0.205. The zero-order valence-electron chi connectivity index (χ0n) is 7.06. The highest BCUT2D eigenvalue weighted by atomic mass is 19.1. The van der Waals surface area contributed by atoms with Crippen LogP contribution in [0.15, 0.2) is 24.3 Å². The zero-order valence-corrected chi connectivity index (χ0v) is 7.06. The molecule has 3 unspecified atom stereocenters. The monoisotopic (exact) mass is 185 g/mol. The van der Waals surface area contributed by atoms with E-state index >= 15 is 0 Å². The summed E-state index contributed by atoms with van der Waals surface area (Å²) in [5.41, 5.74) is 5.53. The average molecular weight is 185 g/mol. The van der Waals surface area contributed by atoms with Crippen LogP contribution in [0.5, 0.6) is 0 Å². The molecule has 0 amide bonds. The second-order valence-corrected chi connectivity index (χ2v) is 3.05. The number of halogens is 1. The summed E-state index contributed by atoms with van der Waals surface area (Å²) in [5, 5.41) is 8.46. The van der Waals surface area contributed by atoms with Gasteiger partial charge in [0, 0.05) is 12.0 Å². The van der Waals surface area contributed by atoms with Gasteiger partial charge in [0.1, 0.15) is 6.17 Å². The first kappa shape index (κ1) is 9.92. The standard InChI is InChI=1S/C9H12FNO2/c10-7-4-2-1-3-6(7)8(11)5-9(12)13/h1-4,6-8H,5,11H2,(H,12,13). The van der Waals surface area contributed by atoms with Crippen molar-refractivity contribution in [1.29, 1.82) is 0 Å². The number of hydrogen-bond acceptors (Lipinski definition) is 2. The molecule has 3 N–H and O–H groups in total. The first-order chi connectivity index (χ1) is 6.11. The third-order valence-corrected chi connectivity index (χ3v) is 2.01. The fourth-order valence-electron chi connectivity index (χ4n) is 1.31. The molecule has 0 aromatic heterocycles. The van der Waals surface area contributed by atoms with Gasteiger partial charge < -0.3 is 10.8 Å². The fourth-order valence-corrected chi connectivity index (χ4v) is 1.31. The number of allylic oxidation sites excluding steroid dienone is 3. The van der Waals surface area contributed by atoms with Gasteiger partial charge in [0.25, 0.3) is 0 Å². The lowest BCUT2D eigenvalue weighted by atomic mass is 9.90. The van der Waals surface area contributed by atoms with Gasteiger partial charge in [-0.05, 0) is 0 Å². The Morgan fingerprint density at radius 1 is 1.54 bits per heavy atom. The van der Waals surface area contributed by atoms with E-state index in [-0.39, 0.29) is 6.42 Å². The van der Waals surface area contributed by atoms with Crippen LogP contribution >= 0.6 is 0 Å². The first-order valence-electron chi connectivity index (χ1n) is 4.07. The highest BCUT2D eigenvalue weighted by Crippen LogP contribution is 2.20. The van der Waals surface area contributed by atoms with Crippen molar-refractivity contribution in [3.8, 4) is 0 Å². The first-order valence-corrected chi connectivity index (χ1v) is 4.07. The Hall–Kier alpha value is -1.16. The second kappa shape index (κ2) is 4.18. The van der Waals surface area contributed by atoms with E-state index in [2.05, 4.69) is 0 Å². The number of nitrogens with two attached hydrogens (primary N) is 1. The van der Waals surface area contributed by atoms with E-state index in [0.29, 0.717) is 0 Å². The molecule has 0 aromatic rings. The summed E-state index contributed by atoms with van der Waals surface area (Å²) in [6.45, 7) is 0. The molecule has 3 nitrogen and oxygen atoms in total. The molecular formula is C9H12FNO2. The number of carbonyl (C=O) groups is 1. The third kappa shape index (κ3) is 2.66. The molecule has 0 aromatic carbocycles. The minimum atomic E-state index is -1.17. The van der Waals surface area contributed by atoms with E-state index in [4.69, 9.17) is 10.8 Å². The molecule has 0 saturated heterocycles. The summed E-state index contributed by atoms with van der Waals surface area (Å²) in [7, 11) is 0. The van der Waals surface area contributed by atoms with Crippen LogP contribution in [0.1, 0.15) is 6.42 Å². The maximum absolute atomic E-state index is 13.1. The zero-order chi connectivity index (χ0) is 9.84. The van der Waals surface area contributed by atoms with Crippen molar-refractivity contribution < 1.29 is 14.3 Å². The Balaban J connectivity index is 2.55. The number of rotatable bonds is 3. The van der Waals surface area contributed by atoms with Crippen LogP contribution in [-0.2, 0) is 4.79 Å². The molecule has 1 aliphatic rings. The van der Waals surface area contributed by atoms with E-state index < -0.39 is 24.1 Å². The topological polar surface area (TPSA) is 63.3 Å². The number of hydrogen-bond donors (Lipinski definition) is 2. The summed E-state index contributed by atoms with van der Waals surface area (Å²) in [4.78, 5) is 10.3. The number of alkyl halides is 1. The molecule has 0 fully saturated rings. The Kier molecular flexibility index (Phi) is 3.19. The van der Waals surface area contributed by atoms with E-state index in [9.17, 15) is 9.18 Å². The normalized spacial score (nSPS) is 28.8. The summed E-state index contributed by atoms with van der Waals surface area (Å²) >= 11 is 0.